The fourth-order valence-electron chi connectivity index (χ4n) is 4.70. The van der Waals surface area contributed by atoms with Crippen molar-refractivity contribution in [2.75, 3.05) is 5.32 Å². The van der Waals surface area contributed by atoms with E-state index in [9.17, 15) is 19.5 Å². The molecule has 1 aromatic heterocycles. The molecular weight excluding hydrogens is 400 g/mol. The highest BCUT2D eigenvalue weighted by atomic mass is 32.1. The summed E-state index contributed by atoms with van der Waals surface area (Å²) in [6.45, 7) is 0. The lowest BCUT2D eigenvalue weighted by molar-refractivity contribution is -0.146. The van der Waals surface area contributed by atoms with Gasteiger partial charge in [-0.15, -0.1) is 11.3 Å². The van der Waals surface area contributed by atoms with Gasteiger partial charge in [-0.1, -0.05) is 42.5 Å². The van der Waals surface area contributed by atoms with Crippen molar-refractivity contribution in [3.05, 3.63) is 53.4 Å². The number of allylic oxidation sites excluding steroid dienone is 2. The van der Waals surface area contributed by atoms with Gasteiger partial charge >= 0.3 is 5.97 Å². The minimum Gasteiger partial charge on any atom is -0.481 e. The number of fused-ring (bicyclic) bond motifs is 2. The molecule has 1 heterocycles. The van der Waals surface area contributed by atoms with Crippen LogP contribution < -0.4 is 10.6 Å². The van der Waals surface area contributed by atoms with Crippen molar-refractivity contribution in [1.29, 1.82) is 0 Å². The van der Waals surface area contributed by atoms with E-state index in [1.165, 1.54) is 11.3 Å². The average Bonchev–Trinajstić information content (AvgIpc) is 3.15. The highest BCUT2D eigenvalue weighted by Crippen LogP contribution is 2.49. The number of aliphatic carboxylic acids is 1. The molecule has 6 nitrogen and oxygen atoms in total. The van der Waals surface area contributed by atoms with Gasteiger partial charge in [-0.3, -0.25) is 14.4 Å². The van der Waals surface area contributed by atoms with Gasteiger partial charge in [0, 0.05) is 17.0 Å². The van der Waals surface area contributed by atoms with Crippen LogP contribution in [0.15, 0.2) is 47.9 Å². The minimum absolute atomic E-state index is 0.0617. The molecule has 0 unspecified atom stereocenters. The van der Waals surface area contributed by atoms with Gasteiger partial charge in [0.1, 0.15) is 5.00 Å². The lowest BCUT2D eigenvalue weighted by Crippen LogP contribution is -2.36. The van der Waals surface area contributed by atoms with Crippen LogP contribution in [0.4, 0.5) is 5.00 Å². The van der Waals surface area contributed by atoms with Gasteiger partial charge in [-0.25, -0.2) is 0 Å². The first-order valence-corrected chi connectivity index (χ1v) is 11.1. The third-order valence-corrected chi connectivity index (χ3v) is 7.19. The molecule has 0 spiro atoms. The second-order valence-electron chi connectivity index (χ2n) is 8.29. The molecule has 2 amide bonds. The number of thiophene rings is 1. The number of rotatable bonds is 6. The van der Waals surface area contributed by atoms with Gasteiger partial charge in [0.15, 0.2) is 0 Å². The van der Waals surface area contributed by atoms with Crippen molar-refractivity contribution >= 4 is 34.1 Å². The summed E-state index contributed by atoms with van der Waals surface area (Å²) in [5, 5.41) is 17.9. The fraction of sp³-hybridized carbons (Fsp3) is 0.348. The summed E-state index contributed by atoms with van der Waals surface area (Å²) in [7, 11) is 0. The van der Waals surface area contributed by atoms with Crippen molar-refractivity contribution in [2.45, 2.75) is 25.3 Å². The second-order valence-corrected chi connectivity index (χ2v) is 9.17. The van der Waals surface area contributed by atoms with E-state index < -0.39 is 17.8 Å². The van der Waals surface area contributed by atoms with E-state index in [1.807, 2.05) is 47.9 Å². The summed E-state index contributed by atoms with van der Waals surface area (Å²) in [6.07, 6.45) is 6.51. The third kappa shape index (κ3) is 3.33. The van der Waals surface area contributed by atoms with Gasteiger partial charge in [0.2, 0.25) is 5.91 Å². The monoisotopic (exact) mass is 422 g/mol. The van der Waals surface area contributed by atoms with Crippen molar-refractivity contribution in [3.8, 4) is 11.1 Å². The minimum atomic E-state index is -0.935. The summed E-state index contributed by atoms with van der Waals surface area (Å²) in [6, 6.07) is 9.79. The average molecular weight is 423 g/mol. The van der Waals surface area contributed by atoms with Crippen LogP contribution in [0.5, 0.6) is 0 Å². The van der Waals surface area contributed by atoms with E-state index in [4.69, 9.17) is 0 Å². The van der Waals surface area contributed by atoms with Crippen LogP contribution in [0.3, 0.4) is 0 Å². The number of nitrogens with one attached hydrogen (secondary N) is 2. The van der Waals surface area contributed by atoms with Crippen molar-refractivity contribution < 1.29 is 19.5 Å². The summed E-state index contributed by atoms with van der Waals surface area (Å²) in [4.78, 5) is 37.9. The molecule has 1 aromatic carbocycles. The molecule has 3 N–H and O–H groups in total. The van der Waals surface area contributed by atoms with Crippen LogP contribution >= 0.6 is 11.3 Å². The van der Waals surface area contributed by atoms with E-state index in [0.717, 1.165) is 24.0 Å². The molecule has 3 aliphatic rings. The summed E-state index contributed by atoms with van der Waals surface area (Å²) >= 11 is 1.31. The molecule has 4 atom stereocenters. The molecule has 2 bridgehead atoms. The zero-order chi connectivity index (χ0) is 20.8. The Balaban J connectivity index is 1.46. The Bertz CT molecular complexity index is 1040. The van der Waals surface area contributed by atoms with Gasteiger partial charge in [0.25, 0.3) is 5.91 Å². The fourth-order valence-corrected chi connectivity index (χ4v) is 5.67. The number of carboxylic acid groups (broad SMARTS) is 1. The van der Waals surface area contributed by atoms with Gasteiger partial charge < -0.3 is 15.7 Å². The van der Waals surface area contributed by atoms with E-state index >= 15 is 0 Å². The van der Waals surface area contributed by atoms with Crippen LogP contribution in [0, 0.1) is 23.7 Å². The maximum absolute atomic E-state index is 13.1. The summed E-state index contributed by atoms with van der Waals surface area (Å²) < 4.78 is 0. The predicted molar refractivity (Wildman–Crippen MR) is 114 cm³/mol. The predicted octanol–water partition coefficient (Wildman–Crippen LogP) is 3.77. The lowest BCUT2D eigenvalue weighted by Gasteiger charge is -2.23. The van der Waals surface area contributed by atoms with Crippen molar-refractivity contribution in [1.82, 2.24) is 5.32 Å². The molecule has 5 rings (SSSR count). The largest absolute Gasteiger partial charge is 0.481 e. The van der Waals surface area contributed by atoms with Gasteiger partial charge in [-0.2, -0.15) is 0 Å². The Morgan fingerprint density at radius 2 is 1.70 bits per heavy atom. The number of amides is 2. The Morgan fingerprint density at radius 1 is 1.00 bits per heavy atom. The van der Waals surface area contributed by atoms with Crippen molar-refractivity contribution in [3.63, 3.8) is 0 Å². The summed E-state index contributed by atoms with van der Waals surface area (Å²) in [5.74, 6) is -2.93. The number of benzene rings is 1. The zero-order valence-corrected chi connectivity index (χ0v) is 17.0. The number of hydrogen-bond donors (Lipinski definition) is 3. The molecular formula is C23H22N2O4S. The maximum atomic E-state index is 13.1. The van der Waals surface area contributed by atoms with Crippen LogP contribution in [-0.2, 0) is 9.59 Å². The molecule has 154 valence electrons. The Kier molecular flexibility index (Phi) is 4.70. The topological polar surface area (TPSA) is 95.5 Å². The first-order valence-electron chi connectivity index (χ1n) is 10.2. The van der Waals surface area contributed by atoms with Crippen LogP contribution in [0.25, 0.3) is 11.1 Å². The Hall–Kier alpha value is -2.93. The van der Waals surface area contributed by atoms with Crippen LogP contribution in [-0.4, -0.2) is 28.9 Å². The smallest absolute Gasteiger partial charge is 0.307 e. The molecule has 3 aliphatic carbocycles. The van der Waals surface area contributed by atoms with E-state index in [0.29, 0.717) is 17.0 Å². The second kappa shape index (κ2) is 7.40. The molecule has 7 heteroatoms. The van der Waals surface area contributed by atoms with Crippen LogP contribution in [0.1, 0.15) is 29.6 Å². The molecule has 0 saturated heterocycles. The standard InChI is InChI=1S/C23H22N2O4S/c26-20(17-13-6-7-14(10-13)18(17)23(28)29)25-22-19(21(27)24-15-8-9-15)16(11-30-22)12-4-2-1-3-5-12/h1-7,11,13-15,17-18H,8-10H2,(H,24,27)(H,25,26)(H,28,29)/t13-,14-,17-,18-/m0/s1. The number of carbonyl (C=O) groups is 3. The van der Waals surface area contributed by atoms with E-state index in [2.05, 4.69) is 10.6 Å². The molecule has 2 saturated carbocycles. The first kappa shape index (κ1) is 19.1. The highest BCUT2D eigenvalue weighted by Gasteiger charge is 2.51. The molecule has 2 fully saturated rings. The van der Waals surface area contributed by atoms with Gasteiger partial charge in [0.05, 0.1) is 17.4 Å². The summed E-state index contributed by atoms with van der Waals surface area (Å²) in [5.41, 5.74) is 2.13. The van der Waals surface area contributed by atoms with E-state index in [-0.39, 0.29) is 29.7 Å². The third-order valence-electron chi connectivity index (χ3n) is 6.30. The van der Waals surface area contributed by atoms with Crippen molar-refractivity contribution in [2.24, 2.45) is 23.7 Å². The Morgan fingerprint density at radius 3 is 2.37 bits per heavy atom. The molecule has 30 heavy (non-hydrogen) atoms. The molecule has 0 radical (unpaired) electrons. The molecule has 0 aliphatic heterocycles. The lowest BCUT2D eigenvalue weighted by atomic mass is 9.82. The van der Waals surface area contributed by atoms with E-state index in [1.54, 1.807) is 0 Å². The normalized spacial score (nSPS) is 26.5. The maximum Gasteiger partial charge on any atom is 0.307 e. The SMILES string of the molecule is O=C(NC1CC1)c1c(-c2ccccc2)csc1NC(=O)[C@@H]1[C@@H](C(=O)O)[C@H]2C=C[C@H]1C2. The molecule has 2 aromatic rings. The number of hydrogen-bond acceptors (Lipinski definition) is 4. The number of carboxylic acids is 1. The number of anilines is 1. The highest BCUT2D eigenvalue weighted by molar-refractivity contribution is 7.15. The quantitative estimate of drug-likeness (QED) is 0.618. The zero-order valence-electron chi connectivity index (χ0n) is 16.2. The first-order chi connectivity index (χ1) is 14.5. The van der Waals surface area contributed by atoms with Gasteiger partial charge in [-0.05, 0) is 36.7 Å². The Labute approximate surface area is 178 Å². The number of carbonyl (C=O) groups excluding carboxylic acids is 2. The van der Waals surface area contributed by atoms with Crippen LogP contribution in [0.2, 0.25) is 0 Å².